The highest BCUT2D eigenvalue weighted by Crippen LogP contribution is 2.13. The molecule has 0 saturated carbocycles. The Balaban J connectivity index is 1.90. The maximum absolute atomic E-state index is 13.8. The van der Waals surface area contributed by atoms with Gasteiger partial charge in [-0.1, -0.05) is 30.3 Å². The lowest BCUT2D eigenvalue weighted by Crippen LogP contribution is -2.34. The van der Waals surface area contributed by atoms with Crippen LogP contribution < -0.4 is 10.1 Å². The Bertz CT molecular complexity index is 870. The summed E-state index contributed by atoms with van der Waals surface area (Å²) in [4.78, 5) is 12.1. The summed E-state index contributed by atoms with van der Waals surface area (Å²) in [7, 11) is -2.00. The number of carbonyl (C=O) groups excluding carboxylic acids is 1. The van der Waals surface area contributed by atoms with Crippen molar-refractivity contribution in [3.8, 4) is 5.75 Å². The van der Waals surface area contributed by atoms with Crippen LogP contribution in [0.25, 0.3) is 0 Å². The van der Waals surface area contributed by atoms with Gasteiger partial charge in [0.15, 0.2) is 0 Å². The molecule has 0 bridgehead atoms. The second kappa shape index (κ2) is 9.48. The minimum atomic E-state index is -3.58. The topological polar surface area (TPSA) is 75.7 Å². The number of nitrogens with one attached hydrogen (secondary N) is 1. The lowest BCUT2D eigenvalue weighted by Gasteiger charge is -2.20. The molecule has 6 nitrogen and oxygen atoms in total. The average molecular weight is 394 g/mol. The van der Waals surface area contributed by atoms with Gasteiger partial charge in [0.05, 0.1) is 13.4 Å². The molecule has 8 heteroatoms. The Labute approximate surface area is 159 Å². The third-order valence-electron chi connectivity index (χ3n) is 4.01. The van der Waals surface area contributed by atoms with Gasteiger partial charge >= 0.3 is 0 Å². The van der Waals surface area contributed by atoms with E-state index in [1.165, 1.54) is 18.2 Å². The standard InChI is InChI=1S/C19H23FN2O4S/c1-26-17-9-7-15(8-10-17)13-21-19(23)11-12-22(27(2,24)25)14-16-5-3-4-6-18(16)20/h3-10H,11-14H2,1-2H3,(H,21,23). The van der Waals surface area contributed by atoms with Crippen LogP contribution in [0.5, 0.6) is 5.75 Å². The van der Waals surface area contributed by atoms with E-state index in [2.05, 4.69) is 5.32 Å². The van der Waals surface area contributed by atoms with Crippen LogP contribution in [-0.2, 0) is 27.9 Å². The van der Waals surface area contributed by atoms with Crippen LogP contribution in [0, 0.1) is 5.82 Å². The van der Waals surface area contributed by atoms with E-state index in [4.69, 9.17) is 4.74 Å². The number of rotatable bonds is 9. The van der Waals surface area contributed by atoms with E-state index in [0.29, 0.717) is 6.54 Å². The van der Waals surface area contributed by atoms with E-state index >= 15 is 0 Å². The van der Waals surface area contributed by atoms with Crippen LogP contribution in [0.4, 0.5) is 4.39 Å². The van der Waals surface area contributed by atoms with Gasteiger partial charge in [-0.25, -0.2) is 12.8 Å². The van der Waals surface area contributed by atoms with Gasteiger partial charge in [-0.2, -0.15) is 4.31 Å². The number of benzene rings is 2. The summed E-state index contributed by atoms with van der Waals surface area (Å²) in [5.41, 5.74) is 1.16. The number of methoxy groups -OCH3 is 1. The molecule has 0 aliphatic rings. The summed E-state index contributed by atoms with van der Waals surface area (Å²) in [5.74, 6) is -0.0369. The van der Waals surface area contributed by atoms with E-state index in [9.17, 15) is 17.6 Å². The van der Waals surface area contributed by atoms with E-state index in [0.717, 1.165) is 21.9 Å². The van der Waals surface area contributed by atoms with Crippen molar-refractivity contribution in [3.05, 3.63) is 65.5 Å². The average Bonchev–Trinajstić information content (AvgIpc) is 2.64. The van der Waals surface area contributed by atoms with Gasteiger partial charge in [0, 0.05) is 31.6 Å². The highest BCUT2D eigenvalue weighted by molar-refractivity contribution is 7.88. The Morgan fingerprint density at radius 1 is 1.15 bits per heavy atom. The lowest BCUT2D eigenvalue weighted by atomic mass is 10.2. The predicted octanol–water partition coefficient (Wildman–Crippen LogP) is 2.30. The smallest absolute Gasteiger partial charge is 0.221 e. The summed E-state index contributed by atoms with van der Waals surface area (Å²) >= 11 is 0. The van der Waals surface area contributed by atoms with Crippen molar-refractivity contribution in [2.24, 2.45) is 0 Å². The van der Waals surface area contributed by atoms with Gasteiger partial charge in [0.1, 0.15) is 11.6 Å². The Kier molecular flexibility index (Phi) is 7.32. The maximum Gasteiger partial charge on any atom is 0.221 e. The zero-order chi connectivity index (χ0) is 19.9. The van der Waals surface area contributed by atoms with Crippen LogP contribution >= 0.6 is 0 Å². The van der Waals surface area contributed by atoms with Crippen molar-refractivity contribution in [3.63, 3.8) is 0 Å². The summed E-state index contributed by atoms with van der Waals surface area (Å²) in [6, 6.07) is 13.2. The molecule has 0 fully saturated rings. The second-order valence-electron chi connectivity index (χ2n) is 6.06. The van der Waals surface area contributed by atoms with Crippen molar-refractivity contribution < 1.29 is 22.3 Å². The van der Waals surface area contributed by atoms with Crippen molar-refractivity contribution in [1.82, 2.24) is 9.62 Å². The van der Waals surface area contributed by atoms with Gasteiger partial charge in [0.25, 0.3) is 0 Å². The fourth-order valence-corrected chi connectivity index (χ4v) is 3.23. The largest absolute Gasteiger partial charge is 0.497 e. The number of hydrogen-bond donors (Lipinski definition) is 1. The van der Waals surface area contributed by atoms with Gasteiger partial charge in [0.2, 0.25) is 15.9 Å². The maximum atomic E-state index is 13.8. The van der Waals surface area contributed by atoms with Crippen LogP contribution in [-0.4, -0.2) is 38.5 Å². The summed E-state index contributed by atoms with van der Waals surface area (Å²) in [6.45, 7) is 0.188. The molecule has 27 heavy (non-hydrogen) atoms. The van der Waals surface area contributed by atoms with Crippen molar-refractivity contribution in [2.45, 2.75) is 19.5 Å². The molecule has 0 aromatic heterocycles. The Morgan fingerprint density at radius 2 is 1.81 bits per heavy atom. The second-order valence-corrected chi connectivity index (χ2v) is 8.05. The quantitative estimate of drug-likeness (QED) is 0.708. The third kappa shape index (κ3) is 6.65. The molecule has 0 unspecified atom stereocenters. The normalized spacial score (nSPS) is 11.4. The van der Waals surface area contributed by atoms with Gasteiger partial charge < -0.3 is 10.1 Å². The molecule has 0 aliphatic heterocycles. The molecule has 2 rings (SSSR count). The zero-order valence-electron chi connectivity index (χ0n) is 15.3. The van der Waals surface area contributed by atoms with Crippen molar-refractivity contribution in [1.29, 1.82) is 0 Å². The molecule has 0 atom stereocenters. The Hall–Kier alpha value is -2.45. The monoisotopic (exact) mass is 394 g/mol. The highest BCUT2D eigenvalue weighted by atomic mass is 32.2. The molecular weight excluding hydrogens is 371 g/mol. The van der Waals surface area contributed by atoms with E-state index in [-0.39, 0.29) is 31.0 Å². The SMILES string of the molecule is COc1ccc(CNC(=O)CCN(Cc2ccccc2F)S(C)(=O)=O)cc1. The molecule has 2 aromatic carbocycles. The number of hydrogen-bond acceptors (Lipinski definition) is 4. The molecule has 2 aromatic rings. The number of carbonyl (C=O) groups is 1. The molecule has 0 aliphatic carbocycles. The van der Waals surface area contributed by atoms with Gasteiger partial charge in [-0.3, -0.25) is 4.79 Å². The Morgan fingerprint density at radius 3 is 2.41 bits per heavy atom. The van der Waals surface area contributed by atoms with E-state index in [1.54, 1.807) is 25.3 Å². The predicted molar refractivity (Wildman–Crippen MR) is 101 cm³/mol. The van der Waals surface area contributed by atoms with E-state index < -0.39 is 15.8 Å². The van der Waals surface area contributed by atoms with E-state index in [1.807, 2.05) is 12.1 Å². The lowest BCUT2D eigenvalue weighted by molar-refractivity contribution is -0.121. The molecular formula is C19H23FN2O4S. The van der Waals surface area contributed by atoms with Crippen LogP contribution in [0.1, 0.15) is 17.5 Å². The minimum Gasteiger partial charge on any atom is -0.497 e. The molecule has 146 valence electrons. The minimum absolute atomic E-state index is 0.0162. The number of sulfonamides is 1. The van der Waals surface area contributed by atoms with Gasteiger partial charge in [-0.05, 0) is 23.8 Å². The fourth-order valence-electron chi connectivity index (χ4n) is 2.44. The first kappa shape index (κ1) is 20.9. The summed E-state index contributed by atoms with van der Waals surface area (Å²) in [6.07, 6.45) is 1.03. The van der Waals surface area contributed by atoms with Crippen molar-refractivity contribution in [2.75, 3.05) is 19.9 Å². The molecule has 0 saturated heterocycles. The third-order valence-corrected chi connectivity index (χ3v) is 5.26. The first-order valence-electron chi connectivity index (χ1n) is 8.38. The number of ether oxygens (including phenoxy) is 1. The van der Waals surface area contributed by atoms with Gasteiger partial charge in [-0.15, -0.1) is 0 Å². The summed E-state index contributed by atoms with van der Waals surface area (Å²) in [5, 5.41) is 2.74. The molecule has 1 amide bonds. The number of amides is 1. The molecule has 0 heterocycles. The first-order chi connectivity index (χ1) is 12.8. The van der Waals surface area contributed by atoms with Crippen LogP contribution in [0.2, 0.25) is 0 Å². The van der Waals surface area contributed by atoms with Crippen LogP contribution in [0.3, 0.4) is 0 Å². The molecule has 0 radical (unpaired) electrons. The highest BCUT2D eigenvalue weighted by Gasteiger charge is 2.19. The number of halogens is 1. The molecule has 1 N–H and O–H groups in total. The fraction of sp³-hybridized carbons (Fsp3) is 0.316. The molecule has 0 spiro atoms. The zero-order valence-corrected chi connectivity index (χ0v) is 16.1. The van der Waals surface area contributed by atoms with Crippen molar-refractivity contribution >= 4 is 15.9 Å². The van der Waals surface area contributed by atoms with Crippen LogP contribution in [0.15, 0.2) is 48.5 Å². The summed E-state index contributed by atoms with van der Waals surface area (Å²) < 4.78 is 43.9. The number of nitrogens with zero attached hydrogens (tertiary/aromatic N) is 1. The first-order valence-corrected chi connectivity index (χ1v) is 10.2.